The first-order valence-corrected chi connectivity index (χ1v) is 10.2. The van der Waals surface area contributed by atoms with Crippen LogP contribution in [0.1, 0.15) is 25.7 Å². The lowest BCUT2D eigenvalue weighted by molar-refractivity contribution is 0.264. The number of hydrogen-bond acceptors (Lipinski definition) is 4. The summed E-state index contributed by atoms with van der Waals surface area (Å²) in [4.78, 5) is 14.2. The summed E-state index contributed by atoms with van der Waals surface area (Å²) in [5, 5.41) is 0.00834. The number of sulfone groups is 1. The van der Waals surface area contributed by atoms with Crippen molar-refractivity contribution in [3.05, 3.63) is 24.3 Å². The van der Waals surface area contributed by atoms with E-state index in [4.69, 9.17) is 0 Å². The van der Waals surface area contributed by atoms with E-state index in [2.05, 4.69) is 0 Å². The third-order valence-electron chi connectivity index (χ3n) is 3.89. The van der Waals surface area contributed by atoms with Gasteiger partial charge in [-0.1, -0.05) is 24.6 Å². The molecule has 1 aliphatic carbocycles. The van der Waals surface area contributed by atoms with Gasteiger partial charge in [-0.05, 0) is 49.3 Å². The fourth-order valence-electron chi connectivity index (χ4n) is 2.72. The first-order chi connectivity index (χ1) is 9.91. The molecule has 2 rings (SSSR count). The average Bonchev–Trinajstić information content (AvgIpc) is 2.96. The van der Waals surface area contributed by atoms with Gasteiger partial charge in [-0.2, -0.15) is 0 Å². The van der Waals surface area contributed by atoms with Gasteiger partial charge in [0.15, 0.2) is 9.84 Å². The zero-order chi connectivity index (χ0) is 15.5. The highest BCUT2D eigenvalue weighted by molar-refractivity contribution is 8.13. The van der Waals surface area contributed by atoms with Gasteiger partial charge >= 0.3 is 0 Å². The molecule has 6 heteroatoms. The van der Waals surface area contributed by atoms with Crippen molar-refractivity contribution in [2.24, 2.45) is 5.92 Å². The fraction of sp³-hybridized carbons (Fsp3) is 0.533. The van der Waals surface area contributed by atoms with E-state index in [1.54, 1.807) is 35.4 Å². The van der Waals surface area contributed by atoms with Gasteiger partial charge in [-0.15, -0.1) is 0 Å². The highest BCUT2D eigenvalue weighted by atomic mass is 32.2. The third-order valence-corrected chi connectivity index (χ3v) is 5.59. The van der Waals surface area contributed by atoms with Crippen LogP contribution in [0.5, 0.6) is 0 Å². The highest BCUT2D eigenvalue weighted by Crippen LogP contribution is 2.29. The molecule has 0 aromatic heterocycles. The predicted octanol–water partition coefficient (Wildman–Crippen LogP) is 3.57. The van der Waals surface area contributed by atoms with Gasteiger partial charge in [0.1, 0.15) is 0 Å². The first kappa shape index (κ1) is 16.4. The number of amides is 1. The summed E-state index contributed by atoms with van der Waals surface area (Å²) in [6.45, 7) is 0.720. The van der Waals surface area contributed by atoms with E-state index in [0.717, 1.165) is 12.2 Å². The number of nitrogens with zero attached hydrogens (tertiary/aromatic N) is 1. The Kier molecular flexibility index (Phi) is 5.32. The van der Waals surface area contributed by atoms with E-state index in [0.29, 0.717) is 5.92 Å². The summed E-state index contributed by atoms with van der Waals surface area (Å²) in [6, 6.07) is 6.58. The monoisotopic (exact) mass is 327 g/mol. The van der Waals surface area contributed by atoms with Gasteiger partial charge in [0, 0.05) is 18.5 Å². The Balaban J connectivity index is 2.21. The molecule has 0 saturated heterocycles. The lowest BCUT2D eigenvalue weighted by Crippen LogP contribution is -2.31. The van der Waals surface area contributed by atoms with Crippen LogP contribution < -0.4 is 4.90 Å². The van der Waals surface area contributed by atoms with Crippen molar-refractivity contribution in [3.63, 3.8) is 0 Å². The Morgan fingerprint density at radius 3 is 2.29 bits per heavy atom. The molecule has 0 aliphatic heterocycles. The normalized spacial score (nSPS) is 16.1. The zero-order valence-electron chi connectivity index (χ0n) is 12.4. The van der Waals surface area contributed by atoms with Crippen molar-refractivity contribution < 1.29 is 13.2 Å². The smallest absolute Gasteiger partial charge is 0.285 e. The summed E-state index contributed by atoms with van der Waals surface area (Å²) in [5.41, 5.74) is 0.772. The number of carbonyl (C=O) groups excluding carboxylic acids is 1. The van der Waals surface area contributed by atoms with Gasteiger partial charge in [0.05, 0.1) is 4.90 Å². The molecule has 0 atom stereocenters. The molecule has 1 aromatic carbocycles. The van der Waals surface area contributed by atoms with Gasteiger partial charge in [-0.25, -0.2) is 8.42 Å². The molecule has 1 saturated carbocycles. The second-order valence-electron chi connectivity index (χ2n) is 5.50. The van der Waals surface area contributed by atoms with E-state index in [1.165, 1.54) is 43.7 Å². The van der Waals surface area contributed by atoms with Crippen molar-refractivity contribution in [1.29, 1.82) is 0 Å². The molecule has 1 amide bonds. The quantitative estimate of drug-likeness (QED) is 0.848. The first-order valence-electron chi connectivity index (χ1n) is 7.07. The summed E-state index contributed by atoms with van der Waals surface area (Å²) in [5.74, 6) is 0.552. The number of anilines is 1. The summed E-state index contributed by atoms with van der Waals surface area (Å²) in [6.07, 6.45) is 7.76. The summed E-state index contributed by atoms with van der Waals surface area (Å²) < 4.78 is 23.0. The minimum absolute atomic E-state index is 0.00834. The lowest BCUT2D eigenvalue weighted by Gasteiger charge is -2.25. The van der Waals surface area contributed by atoms with Crippen LogP contribution in [0.15, 0.2) is 29.2 Å². The van der Waals surface area contributed by atoms with E-state index in [9.17, 15) is 13.2 Å². The van der Waals surface area contributed by atoms with E-state index < -0.39 is 9.84 Å². The maximum absolute atomic E-state index is 12.2. The SMILES string of the molecule is CSC(=O)N(CC1CCCC1)c1ccc(S(C)(=O)=O)cc1. The van der Waals surface area contributed by atoms with Gasteiger partial charge in [-0.3, -0.25) is 4.79 Å². The molecule has 0 N–H and O–H groups in total. The lowest BCUT2D eigenvalue weighted by atomic mass is 10.1. The Labute approximate surface area is 130 Å². The number of rotatable bonds is 4. The average molecular weight is 327 g/mol. The Hall–Kier alpha value is -1.01. The van der Waals surface area contributed by atoms with E-state index >= 15 is 0 Å². The maximum Gasteiger partial charge on any atom is 0.285 e. The summed E-state index contributed by atoms with van der Waals surface area (Å²) in [7, 11) is -3.20. The molecule has 116 valence electrons. The number of thioether (sulfide) groups is 1. The molecular formula is C15H21NO3S2. The van der Waals surface area contributed by atoms with Crippen LogP contribution in [0.25, 0.3) is 0 Å². The molecular weight excluding hydrogens is 306 g/mol. The Morgan fingerprint density at radius 1 is 1.24 bits per heavy atom. The van der Waals surface area contributed by atoms with Crippen LogP contribution in [-0.2, 0) is 9.84 Å². The fourth-order valence-corrected chi connectivity index (χ4v) is 3.75. The molecule has 0 unspecified atom stereocenters. The van der Waals surface area contributed by atoms with Crippen molar-refractivity contribution >= 4 is 32.5 Å². The minimum atomic E-state index is -3.20. The zero-order valence-corrected chi connectivity index (χ0v) is 14.0. The second kappa shape index (κ2) is 6.83. The van der Waals surface area contributed by atoms with Gasteiger partial charge in [0.25, 0.3) is 5.24 Å². The molecule has 1 aliphatic rings. The van der Waals surface area contributed by atoms with Crippen LogP contribution in [0.3, 0.4) is 0 Å². The maximum atomic E-state index is 12.2. The molecule has 0 radical (unpaired) electrons. The molecule has 1 aromatic rings. The number of hydrogen-bond donors (Lipinski definition) is 0. The molecule has 21 heavy (non-hydrogen) atoms. The number of benzene rings is 1. The molecule has 0 bridgehead atoms. The number of carbonyl (C=O) groups is 1. The topological polar surface area (TPSA) is 54.5 Å². The van der Waals surface area contributed by atoms with Crippen LogP contribution in [-0.4, -0.2) is 32.7 Å². The van der Waals surface area contributed by atoms with Gasteiger partial charge < -0.3 is 4.90 Å². The Morgan fingerprint density at radius 2 is 1.81 bits per heavy atom. The second-order valence-corrected chi connectivity index (χ2v) is 8.27. The standard InChI is InChI=1S/C15H21NO3S2/c1-20-15(17)16(11-12-5-3-4-6-12)13-7-9-14(10-8-13)21(2,18)19/h7-10,12H,3-6,11H2,1-2H3. The van der Waals surface area contributed by atoms with Gasteiger partial charge in [0.2, 0.25) is 0 Å². The molecule has 1 fully saturated rings. The van der Waals surface area contributed by atoms with Crippen LogP contribution in [0.2, 0.25) is 0 Å². The Bertz CT molecular complexity index is 590. The van der Waals surface area contributed by atoms with Crippen molar-refractivity contribution in [2.75, 3.05) is 24.0 Å². The highest BCUT2D eigenvalue weighted by Gasteiger charge is 2.23. The van der Waals surface area contributed by atoms with Crippen LogP contribution in [0, 0.1) is 5.92 Å². The predicted molar refractivity (Wildman–Crippen MR) is 87.8 cm³/mol. The van der Waals surface area contributed by atoms with Crippen LogP contribution in [0.4, 0.5) is 10.5 Å². The third kappa shape index (κ3) is 4.23. The minimum Gasteiger partial charge on any atom is -0.303 e. The molecule has 0 spiro atoms. The largest absolute Gasteiger partial charge is 0.303 e. The molecule has 4 nitrogen and oxygen atoms in total. The van der Waals surface area contributed by atoms with Crippen molar-refractivity contribution in [1.82, 2.24) is 0 Å². The summed E-state index contributed by atoms with van der Waals surface area (Å²) >= 11 is 1.19. The molecule has 0 heterocycles. The van der Waals surface area contributed by atoms with Crippen molar-refractivity contribution in [3.8, 4) is 0 Å². The van der Waals surface area contributed by atoms with Crippen LogP contribution >= 0.6 is 11.8 Å². The van der Waals surface area contributed by atoms with E-state index in [1.807, 2.05) is 0 Å². The van der Waals surface area contributed by atoms with E-state index in [-0.39, 0.29) is 10.1 Å². The van der Waals surface area contributed by atoms with Crippen molar-refractivity contribution in [2.45, 2.75) is 30.6 Å².